The number of nitrogens with zero attached hydrogens (tertiary/aromatic N) is 4. The summed E-state index contributed by atoms with van der Waals surface area (Å²) < 4.78 is 137. The van der Waals surface area contributed by atoms with E-state index < -0.39 is 102 Å². The smallest absolute Gasteiger partial charge is 0.315 e. The second-order valence-electron chi connectivity index (χ2n) is 12.6. The van der Waals surface area contributed by atoms with Crippen LogP contribution in [0.1, 0.15) is 33.8 Å². The number of carbonyl (C=O) groups is 4. The molecule has 0 atom stereocenters. The largest absolute Gasteiger partial charge is 0.415 e. The van der Waals surface area contributed by atoms with Crippen LogP contribution in [0.25, 0.3) is 11.5 Å². The predicted molar refractivity (Wildman–Crippen MR) is 207 cm³/mol. The number of aromatic nitrogens is 2. The molecule has 0 saturated carbocycles. The van der Waals surface area contributed by atoms with E-state index in [0.29, 0.717) is 0 Å². The predicted octanol–water partition coefficient (Wildman–Crippen LogP) is 6.82. The van der Waals surface area contributed by atoms with Crippen molar-refractivity contribution in [2.24, 2.45) is 0 Å². The molecule has 0 bridgehead atoms. The number of hydrogen-bond donors (Lipinski definition) is 2. The molecule has 25 heteroatoms. The van der Waals surface area contributed by atoms with Gasteiger partial charge < -0.3 is 24.6 Å². The first-order chi connectivity index (χ1) is 29.6. The van der Waals surface area contributed by atoms with Crippen LogP contribution in [0, 0.1) is 23.3 Å². The monoisotopic (exact) mass is 953 g/mol. The van der Waals surface area contributed by atoms with Gasteiger partial charge in [-0.25, -0.2) is 17.6 Å². The van der Waals surface area contributed by atoms with Crippen molar-refractivity contribution < 1.29 is 76.4 Å². The Morgan fingerprint density at radius 1 is 0.762 bits per heavy atom. The van der Waals surface area contributed by atoms with Crippen molar-refractivity contribution in [1.29, 1.82) is 0 Å². The Labute approximate surface area is 361 Å². The molecule has 0 radical (unpaired) electrons. The minimum atomic E-state index is -3.96. The van der Waals surface area contributed by atoms with Gasteiger partial charge in [0.05, 0.1) is 35.9 Å². The fourth-order valence-corrected chi connectivity index (χ4v) is 5.72. The number of ketones is 1. The highest BCUT2D eigenvalue weighted by atomic mass is 35.5. The van der Waals surface area contributed by atoms with Gasteiger partial charge in [-0.3, -0.25) is 23.4 Å². The van der Waals surface area contributed by atoms with Gasteiger partial charge in [0.15, 0.2) is 5.78 Å². The van der Waals surface area contributed by atoms with Gasteiger partial charge in [-0.2, -0.15) is 26.0 Å². The Morgan fingerprint density at radius 2 is 1.30 bits per heavy atom. The first-order valence-electron chi connectivity index (χ1n) is 17.3. The molecule has 1 heterocycles. The van der Waals surface area contributed by atoms with Crippen LogP contribution >= 0.6 is 23.2 Å². The molecule has 4 aromatic carbocycles. The number of halogens is 10. The average molecular weight is 955 g/mol. The molecule has 5 aromatic rings. The van der Waals surface area contributed by atoms with Crippen LogP contribution in [0.15, 0.2) is 77.2 Å². The molecule has 0 spiro atoms. The molecular weight excluding hydrogens is 925 g/mol. The Balaban J connectivity index is 0.000000278. The number of aliphatic hydroxyl groups excluding tert-OH is 1. The average Bonchev–Trinajstić information content (AvgIpc) is 3.74. The summed E-state index contributed by atoms with van der Waals surface area (Å²) >= 11 is 11.5. The number of carbonyl (C=O) groups excluding carboxylic acids is 4. The van der Waals surface area contributed by atoms with Crippen molar-refractivity contribution in [3.8, 4) is 11.5 Å². The number of aliphatic hydroxyl groups is 1. The van der Waals surface area contributed by atoms with Crippen molar-refractivity contribution in [3.05, 3.63) is 129 Å². The van der Waals surface area contributed by atoms with Gasteiger partial charge in [0, 0.05) is 33.6 Å². The first-order valence-corrected chi connectivity index (χ1v) is 19.9. The minimum Gasteiger partial charge on any atom is -0.415 e. The lowest BCUT2D eigenvalue weighted by Crippen LogP contribution is -2.34. The van der Waals surface area contributed by atoms with Crippen LogP contribution in [0.3, 0.4) is 0 Å². The molecule has 0 unspecified atom stereocenters. The van der Waals surface area contributed by atoms with Crippen molar-refractivity contribution in [1.82, 2.24) is 15.5 Å². The van der Waals surface area contributed by atoms with Gasteiger partial charge in [-0.1, -0.05) is 41.4 Å². The van der Waals surface area contributed by atoms with E-state index in [2.05, 4.69) is 14.4 Å². The highest BCUT2D eigenvalue weighted by Crippen LogP contribution is 2.29. The lowest BCUT2D eigenvalue weighted by molar-refractivity contribution is -0.131. The summed E-state index contributed by atoms with van der Waals surface area (Å²) in [6.07, 6.45) is -5.53. The van der Waals surface area contributed by atoms with E-state index in [9.17, 15) is 67.8 Å². The summed E-state index contributed by atoms with van der Waals surface area (Å²) in [5, 5.41) is 16.9. The number of alkyl halides is 4. The van der Waals surface area contributed by atoms with Gasteiger partial charge in [-0.05, 0) is 54.6 Å². The van der Waals surface area contributed by atoms with E-state index in [-0.39, 0.29) is 56.1 Å². The molecule has 2 N–H and O–H groups in total. The Hall–Kier alpha value is -6.01. The van der Waals surface area contributed by atoms with Crippen molar-refractivity contribution in [3.63, 3.8) is 0 Å². The van der Waals surface area contributed by atoms with Crippen molar-refractivity contribution >= 4 is 68.2 Å². The fourth-order valence-electron chi connectivity index (χ4n) is 5.06. The molecule has 3 amide bonds. The Morgan fingerprint density at radius 3 is 1.76 bits per heavy atom. The molecule has 0 aliphatic rings. The molecule has 0 fully saturated rings. The number of Topliss-reactive ketones (excluding diaryl/α,β-unsaturated/α-hetero) is 1. The molecule has 0 saturated heterocycles. The zero-order chi connectivity index (χ0) is 46.8. The van der Waals surface area contributed by atoms with E-state index in [1.54, 1.807) is 5.32 Å². The third-order valence-corrected chi connectivity index (χ3v) is 9.27. The number of benzene rings is 4. The van der Waals surface area contributed by atoms with Crippen LogP contribution in [0.4, 0.5) is 46.5 Å². The second kappa shape index (κ2) is 21.9. The van der Waals surface area contributed by atoms with Gasteiger partial charge in [0.2, 0.25) is 5.89 Å². The fraction of sp³-hybridized carbons (Fsp3) is 0.211. The van der Waals surface area contributed by atoms with E-state index in [1.165, 1.54) is 36.4 Å². The molecular formula is C38H29Cl2F8N5O9S. The van der Waals surface area contributed by atoms with E-state index in [1.807, 2.05) is 0 Å². The lowest BCUT2D eigenvalue weighted by Gasteiger charge is -2.23. The number of rotatable bonds is 16. The van der Waals surface area contributed by atoms with Crippen LogP contribution in [0.2, 0.25) is 10.0 Å². The zero-order valence-corrected chi connectivity index (χ0v) is 34.1. The molecule has 14 nitrogen and oxygen atoms in total. The maximum absolute atomic E-state index is 14.8. The Kier molecular flexibility index (Phi) is 17.2. The first kappa shape index (κ1) is 49.6. The van der Waals surface area contributed by atoms with Crippen molar-refractivity contribution in [2.75, 3.05) is 35.8 Å². The highest BCUT2D eigenvalue weighted by molar-refractivity contribution is 7.86. The SMILES string of the molecule is CS(=O)(=O)OCC(=O)N(Cc1ccc(-c2nnc(C(F)F)o2)cc1F)c1ccc(F)c(Cl)c1.O=C(CNC(=O)C(F)F)c1ccc(CN(C(=O)CO)c2ccc(F)c(Cl)c2)c(F)c1. The van der Waals surface area contributed by atoms with Crippen LogP contribution in [-0.4, -0.2) is 79.7 Å². The summed E-state index contributed by atoms with van der Waals surface area (Å²) in [6.45, 7) is -3.34. The normalized spacial score (nSPS) is 11.3. The third-order valence-electron chi connectivity index (χ3n) is 8.14. The molecule has 1 aromatic heterocycles. The summed E-state index contributed by atoms with van der Waals surface area (Å²) in [5.74, 6) is -8.65. The van der Waals surface area contributed by atoms with Crippen LogP contribution in [0.5, 0.6) is 0 Å². The molecule has 5 rings (SSSR count). The second-order valence-corrected chi connectivity index (χ2v) is 15.0. The van der Waals surface area contributed by atoms with Gasteiger partial charge in [-0.15, -0.1) is 10.2 Å². The summed E-state index contributed by atoms with van der Waals surface area (Å²) in [6, 6.07) is 13.3. The maximum Gasteiger partial charge on any atom is 0.315 e. The van der Waals surface area contributed by atoms with E-state index in [0.717, 1.165) is 52.5 Å². The minimum absolute atomic E-state index is 0.0127. The number of anilines is 2. The number of nitrogens with one attached hydrogen (secondary N) is 1. The third kappa shape index (κ3) is 14.0. The summed E-state index contributed by atoms with van der Waals surface area (Å²) in [7, 11) is -3.96. The van der Waals surface area contributed by atoms with E-state index in [4.69, 9.17) is 27.6 Å². The van der Waals surface area contributed by atoms with Gasteiger partial charge >= 0.3 is 12.9 Å². The lowest BCUT2D eigenvalue weighted by atomic mass is 10.1. The van der Waals surface area contributed by atoms with Gasteiger partial charge in [0.1, 0.15) is 36.5 Å². The number of hydrogen-bond acceptors (Lipinski definition) is 11. The van der Waals surface area contributed by atoms with Crippen LogP contribution < -0.4 is 15.1 Å². The van der Waals surface area contributed by atoms with E-state index >= 15 is 0 Å². The summed E-state index contributed by atoms with van der Waals surface area (Å²) in [4.78, 5) is 49.3. The quantitative estimate of drug-likeness (QED) is 0.0600. The highest BCUT2D eigenvalue weighted by Gasteiger charge is 2.24. The zero-order valence-electron chi connectivity index (χ0n) is 31.8. The molecule has 336 valence electrons. The molecule has 0 aliphatic heterocycles. The summed E-state index contributed by atoms with van der Waals surface area (Å²) in [5.41, 5.74) is -0.125. The standard InChI is InChI=1S/C19H14ClF4N3O5S.C19H15ClF4N2O4/c1-33(29,30)31-9-16(28)27(12-4-5-14(21)13(20)7-12)8-11-3-2-10(6-15(11)22)18-25-26-19(32-18)17(23)24;20-13-6-12(3-4-14(13)21)26(17(29)9-27)8-11-2-1-10(5-15(11)22)16(28)7-25-19(30)18(23)24/h2-7,17H,8-9H2,1H3;1-6,18,27H,7-9H2,(H,25,30). The van der Waals surface area contributed by atoms with Gasteiger partial charge in [0.25, 0.3) is 33.7 Å². The Bertz CT molecular complexity index is 2610. The van der Waals surface area contributed by atoms with Crippen molar-refractivity contribution in [2.45, 2.75) is 25.9 Å². The topological polar surface area (TPSA) is 189 Å². The number of amides is 3. The maximum atomic E-state index is 14.8. The molecule has 63 heavy (non-hydrogen) atoms. The molecule has 0 aliphatic carbocycles. The van der Waals surface area contributed by atoms with Crippen LogP contribution in [-0.2, 0) is 41.8 Å².